The second kappa shape index (κ2) is 9.24. The zero-order chi connectivity index (χ0) is 20.1. The summed E-state index contributed by atoms with van der Waals surface area (Å²) in [5.74, 6) is -0.217. The lowest BCUT2D eigenvalue weighted by atomic mass is 10.0. The van der Waals surface area contributed by atoms with E-state index in [0.717, 1.165) is 5.56 Å². The molecule has 2 N–H and O–H groups in total. The molecule has 1 aromatic carbocycles. The van der Waals surface area contributed by atoms with Crippen LogP contribution in [0, 0.1) is 12.8 Å². The van der Waals surface area contributed by atoms with Gasteiger partial charge in [0.1, 0.15) is 17.4 Å². The highest BCUT2D eigenvalue weighted by Gasteiger charge is 2.28. The summed E-state index contributed by atoms with van der Waals surface area (Å²) >= 11 is 6.07. The lowest BCUT2D eigenvalue weighted by molar-refractivity contribution is -0.158. The predicted molar refractivity (Wildman–Crippen MR) is 104 cm³/mol. The molecule has 26 heavy (non-hydrogen) atoms. The van der Waals surface area contributed by atoms with E-state index in [1.165, 1.54) is 7.11 Å². The third kappa shape index (κ3) is 6.84. The lowest BCUT2D eigenvalue weighted by Gasteiger charge is -2.26. The summed E-state index contributed by atoms with van der Waals surface area (Å²) in [5, 5.41) is 6.30. The van der Waals surface area contributed by atoms with Crippen molar-refractivity contribution in [2.45, 2.75) is 53.2 Å². The molecule has 1 amide bonds. The number of carbonyl (C=O) groups is 2. The average Bonchev–Trinajstić information content (AvgIpc) is 2.48. The van der Waals surface area contributed by atoms with Gasteiger partial charge >= 0.3 is 5.97 Å². The molecule has 6 nitrogen and oxygen atoms in total. The summed E-state index contributed by atoms with van der Waals surface area (Å²) in [6.07, 6.45) is 0. The third-order valence-corrected chi connectivity index (χ3v) is 3.97. The molecule has 0 spiro atoms. The molecule has 1 rings (SSSR count). The van der Waals surface area contributed by atoms with Gasteiger partial charge in [-0.05, 0) is 45.2 Å². The van der Waals surface area contributed by atoms with Crippen molar-refractivity contribution >= 4 is 29.2 Å². The Morgan fingerprint density at radius 1 is 1.23 bits per heavy atom. The van der Waals surface area contributed by atoms with Crippen molar-refractivity contribution in [3.8, 4) is 5.75 Å². The van der Waals surface area contributed by atoms with Gasteiger partial charge < -0.3 is 14.8 Å². The van der Waals surface area contributed by atoms with E-state index in [9.17, 15) is 9.59 Å². The molecule has 0 aliphatic carbocycles. The van der Waals surface area contributed by atoms with Gasteiger partial charge in [0.2, 0.25) is 5.91 Å². The second-order valence-corrected chi connectivity index (χ2v) is 7.89. The summed E-state index contributed by atoms with van der Waals surface area (Å²) in [6, 6.07) is 2.82. The van der Waals surface area contributed by atoms with E-state index < -0.39 is 11.6 Å². The van der Waals surface area contributed by atoms with E-state index in [4.69, 9.17) is 21.1 Å². The number of anilines is 1. The molecule has 0 unspecified atom stereocenters. The number of methoxy groups -OCH3 is 1. The normalized spacial score (nSPS) is 12.7. The highest BCUT2D eigenvalue weighted by molar-refractivity contribution is 6.31. The van der Waals surface area contributed by atoms with Crippen molar-refractivity contribution < 1.29 is 19.1 Å². The Hall–Kier alpha value is -1.79. The number of rotatable bonds is 7. The van der Waals surface area contributed by atoms with Crippen LogP contribution in [0.3, 0.4) is 0 Å². The number of esters is 1. The molecule has 0 saturated carbocycles. The Morgan fingerprint density at radius 3 is 2.35 bits per heavy atom. The Balaban J connectivity index is 2.75. The standard InChI is InChI=1S/C19H29ClN2O4/c1-11(2)17(18(24)26-19(4,5)6)21-10-16(23)22-14-8-12(3)13(20)9-15(14)25-7/h8-9,11,17,21H,10H2,1-7H3,(H,22,23)/t17-/m0/s1. The van der Waals surface area contributed by atoms with Gasteiger partial charge in [-0.25, -0.2) is 0 Å². The molecule has 146 valence electrons. The summed E-state index contributed by atoms with van der Waals surface area (Å²) in [6.45, 7) is 11.0. The molecular weight excluding hydrogens is 356 g/mol. The van der Waals surface area contributed by atoms with Gasteiger partial charge in [0.15, 0.2) is 0 Å². The second-order valence-electron chi connectivity index (χ2n) is 7.49. The maximum atomic E-state index is 12.3. The van der Waals surface area contributed by atoms with Crippen LogP contribution in [0.4, 0.5) is 5.69 Å². The van der Waals surface area contributed by atoms with Gasteiger partial charge in [-0.3, -0.25) is 14.9 Å². The number of carbonyl (C=O) groups excluding carboxylic acids is 2. The molecule has 1 atom stereocenters. The first kappa shape index (κ1) is 22.3. The first-order valence-corrected chi connectivity index (χ1v) is 8.92. The van der Waals surface area contributed by atoms with Gasteiger partial charge in [-0.2, -0.15) is 0 Å². The van der Waals surface area contributed by atoms with Crippen molar-refractivity contribution in [3.05, 3.63) is 22.7 Å². The first-order chi connectivity index (χ1) is 11.9. The van der Waals surface area contributed by atoms with Gasteiger partial charge in [0.25, 0.3) is 0 Å². The van der Waals surface area contributed by atoms with Crippen LogP contribution in [0.25, 0.3) is 0 Å². The molecule has 0 aliphatic heterocycles. The topological polar surface area (TPSA) is 76.7 Å². The molecule has 7 heteroatoms. The number of aryl methyl sites for hydroxylation is 1. The van der Waals surface area contributed by atoms with Gasteiger partial charge in [-0.15, -0.1) is 0 Å². The minimum Gasteiger partial charge on any atom is -0.495 e. The van der Waals surface area contributed by atoms with E-state index in [2.05, 4.69) is 10.6 Å². The molecule has 0 heterocycles. The van der Waals surface area contributed by atoms with E-state index in [0.29, 0.717) is 16.5 Å². The molecular formula is C19H29ClN2O4. The number of amides is 1. The number of halogens is 1. The van der Waals surface area contributed by atoms with Crippen LogP contribution in [0.1, 0.15) is 40.2 Å². The SMILES string of the molecule is COc1cc(Cl)c(C)cc1NC(=O)CN[C@H](C(=O)OC(C)(C)C)C(C)C. The quantitative estimate of drug-likeness (QED) is 0.703. The number of benzene rings is 1. The summed E-state index contributed by atoms with van der Waals surface area (Å²) in [4.78, 5) is 24.6. The monoisotopic (exact) mass is 384 g/mol. The number of ether oxygens (including phenoxy) is 2. The number of hydrogen-bond acceptors (Lipinski definition) is 5. The van der Waals surface area contributed by atoms with E-state index in [1.54, 1.807) is 12.1 Å². The minimum atomic E-state index is -0.581. The zero-order valence-electron chi connectivity index (χ0n) is 16.5. The van der Waals surface area contributed by atoms with Crippen LogP contribution in [0.5, 0.6) is 5.75 Å². The van der Waals surface area contributed by atoms with Crippen LogP contribution >= 0.6 is 11.6 Å². The summed E-state index contributed by atoms with van der Waals surface area (Å²) in [5.41, 5.74) is 0.770. The smallest absolute Gasteiger partial charge is 0.323 e. The predicted octanol–water partition coefficient (Wildman–Crippen LogP) is 3.55. The zero-order valence-corrected chi connectivity index (χ0v) is 17.3. The maximum Gasteiger partial charge on any atom is 0.323 e. The Bertz CT molecular complexity index is 654. The number of nitrogens with one attached hydrogen (secondary N) is 2. The molecule has 0 saturated heterocycles. The van der Waals surface area contributed by atoms with Gasteiger partial charge in [0.05, 0.1) is 19.3 Å². The van der Waals surface area contributed by atoms with E-state index >= 15 is 0 Å². The van der Waals surface area contributed by atoms with Crippen LogP contribution in [-0.2, 0) is 14.3 Å². The van der Waals surface area contributed by atoms with Crippen molar-refractivity contribution in [3.63, 3.8) is 0 Å². The Labute approximate surface area is 160 Å². The van der Waals surface area contributed by atoms with Crippen molar-refractivity contribution in [2.24, 2.45) is 5.92 Å². The van der Waals surface area contributed by atoms with E-state index in [1.807, 2.05) is 41.5 Å². The Morgan fingerprint density at radius 2 is 1.85 bits per heavy atom. The fourth-order valence-electron chi connectivity index (χ4n) is 2.28. The fourth-order valence-corrected chi connectivity index (χ4v) is 2.44. The van der Waals surface area contributed by atoms with Crippen molar-refractivity contribution in [1.82, 2.24) is 5.32 Å². The number of hydrogen-bond donors (Lipinski definition) is 2. The first-order valence-electron chi connectivity index (χ1n) is 8.55. The lowest BCUT2D eigenvalue weighted by Crippen LogP contribution is -2.47. The molecule has 0 radical (unpaired) electrons. The molecule has 1 aromatic rings. The van der Waals surface area contributed by atoms with Crippen molar-refractivity contribution in [1.29, 1.82) is 0 Å². The van der Waals surface area contributed by atoms with Crippen LogP contribution < -0.4 is 15.4 Å². The summed E-state index contributed by atoms with van der Waals surface area (Å²) < 4.78 is 10.7. The average molecular weight is 385 g/mol. The minimum absolute atomic E-state index is 0.0232. The van der Waals surface area contributed by atoms with Gasteiger partial charge in [-0.1, -0.05) is 25.4 Å². The third-order valence-electron chi connectivity index (χ3n) is 3.56. The van der Waals surface area contributed by atoms with Gasteiger partial charge in [0, 0.05) is 11.1 Å². The molecule has 0 fully saturated rings. The highest BCUT2D eigenvalue weighted by atomic mass is 35.5. The molecule has 0 aliphatic rings. The highest BCUT2D eigenvalue weighted by Crippen LogP contribution is 2.30. The fraction of sp³-hybridized carbons (Fsp3) is 0.579. The largest absolute Gasteiger partial charge is 0.495 e. The maximum absolute atomic E-state index is 12.3. The molecule has 0 aromatic heterocycles. The summed E-state index contributed by atoms with van der Waals surface area (Å²) in [7, 11) is 1.51. The van der Waals surface area contributed by atoms with Crippen LogP contribution in [0.15, 0.2) is 12.1 Å². The van der Waals surface area contributed by atoms with Crippen molar-refractivity contribution in [2.75, 3.05) is 19.0 Å². The van der Waals surface area contributed by atoms with Crippen LogP contribution in [0.2, 0.25) is 5.02 Å². The van der Waals surface area contributed by atoms with Crippen LogP contribution in [-0.4, -0.2) is 37.2 Å². The van der Waals surface area contributed by atoms with E-state index in [-0.39, 0.29) is 24.3 Å². The Kier molecular flexibility index (Phi) is 7.90. The molecule has 0 bridgehead atoms.